The number of hydrogen-bond donors (Lipinski definition) is 1. The molecule has 1 aromatic carbocycles. The number of benzene rings is 1. The molecule has 0 saturated carbocycles. The van der Waals surface area contributed by atoms with E-state index < -0.39 is 15.8 Å². The summed E-state index contributed by atoms with van der Waals surface area (Å²) in [6.07, 6.45) is 1.87. The highest BCUT2D eigenvalue weighted by Gasteiger charge is 2.32. The van der Waals surface area contributed by atoms with Crippen molar-refractivity contribution in [3.05, 3.63) is 51.6 Å². The van der Waals surface area contributed by atoms with Gasteiger partial charge in [-0.3, -0.25) is 4.79 Å². The fraction of sp³-hybridized carbons (Fsp3) is 0.333. The van der Waals surface area contributed by atoms with Crippen molar-refractivity contribution in [2.45, 2.75) is 32.4 Å². The predicted octanol–water partition coefficient (Wildman–Crippen LogP) is 3.63. The molecule has 1 amide bonds. The number of esters is 1. The number of hydrogen-bond acceptors (Lipinski definition) is 7. The van der Waals surface area contributed by atoms with E-state index in [9.17, 15) is 18.0 Å². The molecule has 4 rings (SSSR count). The number of thiophene rings is 1. The Hall–Kier alpha value is -2.65. The van der Waals surface area contributed by atoms with Crippen molar-refractivity contribution < 1.29 is 27.2 Å². The molecule has 0 unspecified atom stereocenters. The molecule has 0 atom stereocenters. The first-order chi connectivity index (χ1) is 14.3. The van der Waals surface area contributed by atoms with Crippen LogP contribution in [0.3, 0.4) is 0 Å². The van der Waals surface area contributed by atoms with Gasteiger partial charge >= 0.3 is 5.97 Å². The van der Waals surface area contributed by atoms with Crippen LogP contribution in [0, 0.1) is 6.92 Å². The van der Waals surface area contributed by atoms with Crippen molar-refractivity contribution in [3.8, 4) is 0 Å². The number of carbonyl (C=O) groups is 2. The lowest BCUT2D eigenvalue weighted by Gasteiger charge is -2.13. The van der Waals surface area contributed by atoms with Crippen molar-refractivity contribution in [1.29, 1.82) is 0 Å². The molecule has 1 aliphatic rings. The molecule has 0 spiro atoms. The summed E-state index contributed by atoms with van der Waals surface area (Å²) in [6.45, 7) is 3.85. The van der Waals surface area contributed by atoms with Crippen LogP contribution in [0.2, 0.25) is 0 Å². The first-order valence-corrected chi connectivity index (χ1v) is 12.2. The number of aryl methyl sites for hydroxylation is 1. The van der Waals surface area contributed by atoms with Crippen LogP contribution in [-0.2, 0) is 38.0 Å². The molecular formula is C21H21NO6S2. The maximum Gasteiger partial charge on any atom is 0.341 e. The Morgan fingerprint density at radius 2 is 2.10 bits per heavy atom. The lowest BCUT2D eigenvalue weighted by Crippen LogP contribution is -2.20. The number of furan rings is 1. The van der Waals surface area contributed by atoms with Gasteiger partial charge in [0.1, 0.15) is 10.6 Å². The van der Waals surface area contributed by atoms with Crippen molar-refractivity contribution in [1.82, 2.24) is 0 Å². The Bertz CT molecular complexity index is 1250. The fourth-order valence-corrected chi connectivity index (χ4v) is 6.66. The van der Waals surface area contributed by atoms with Gasteiger partial charge in [-0.15, -0.1) is 11.3 Å². The van der Waals surface area contributed by atoms with Crippen LogP contribution in [0.5, 0.6) is 0 Å². The number of sulfone groups is 1. The van der Waals surface area contributed by atoms with E-state index in [1.165, 1.54) is 0 Å². The molecule has 3 aromatic rings. The molecule has 1 aliphatic heterocycles. The van der Waals surface area contributed by atoms with E-state index in [0.29, 0.717) is 21.0 Å². The first-order valence-electron chi connectivity index (χ1n) is 9.56. The van der Waals surface area contributed by atoms with Crippen molar-refractivity contribution in [2.24, 2.45) is 0 Å². The summed E-state index contributed by atoms with van der Waals surface area (Å²) in [5.74, 6) is -1.00. The third-order valence-corrected chi connectivity index (χ3v) is 7.88. The normalized spacial score (nSPS) is 15.0. The standard InChI is InChI=1S/C21H21NO6S2/c1-3-27-21(24)19-15-6-7-30(25,26)11-17(15)29-20(19)22-18(23)9-13-10-28-16-8-12(2)4-5-14(13)16/h4-5,8,10H,3,6-7,9,11H2,1-2H3,(H,22,23). The van der Waals surface area contributed by atoms with Crippen LogP contribution in [0.4, 0.5) is 5.00 Å². The number of rotatable bonds is 5. The molecule has 0 aliphatic carbocycles. The molecule has 0 bridgehead atoms. The monoisotopic (exact) mass is 447 g/mol. The van der Waals surface area contributed by atoms with Gasteiger partial charge in [0.25, 0.3) is 0 Å². The quantitative estimate of drug-likeness (QED) is 0.599. The maximum atomic E-state index is 12.7. The third-order valence-electron chi connectivity index (χ3n) is 5.00. The topological polar surface area (TPSA) is 103 Å². The summed E-state index contributed by atoms with van der Waals surface area (Å²) in [4.78, 5) is 25.9. The Morgan fingerprint density at radius 3 is 2.87 bits per heavy atom. The van der Waals surface area contributed by atoms with Gasteiger partial charge in [-0.1, -0.05) is 12.1 Å². The van der Waals surface area contributed by atoms with E-state index in [1.807, 2.05) is 25.1 Å². The number of anilines is 1. The van der Waals surface area contributed by atoms with Crippen LogP contribution in [0.1, 0.15) is 38.8 Å². The molecule has 158 valence electrons. The van der Waals surface area contributed by atoms with Gasteiger partial charge in [-0.2, -0.15) is 0 Å². The van der Waals surface area contributed by atoms with E-state index in [0.717, 1.165) is 27.8 Å². The second-order valence-corrected chi connectivity index (χ2v) is 10.5. The first kappa shape index (κ1) is 20.6. The SMILES string of the molecule is CCOC(=O)c1c(NC(=O)Cc2coc3cc(C)ccc23)sc2c1CCS(=O)(=O)C2. The zero-order valence-corrected chi connectivity index (χ0v) is 18.2. The van der Waals surface area contributed by atoms with Gasteiger partial charge in [0.2, 0.25) is 5.91 Å². The number of nitrogens with one attached hydrogen (secondary N) is 1. The average Bonchev–Trinajstić information content (AvgIpc) is 3.21. The van der Waals surface area contributed by atoms with Crippen LogP contribution >= 0.6 is 11.3 Å². The van der Waals surface area contributed by atoms with Crippen LogP contribution in [0.25, 0.3) is 11.0 Å². The summed E-state index contributed by atoms with van der Waals surface area (Å²) < 4.78 is 34.7. The summed E-state index contributed by atoms with van der Waals surface area (Å²) in [6, 6.07) is 5.77. The fourth-order valence-electron chi connectivity index (χ4n) is 3.60. The highest BCUT2D eigenvalue weighted by atomic mass is 32.2. The Labute approximate surface area is 177 Å². The van der Waals surface area contributed by atoms with Gasteiger partial charge in [0.15, 0.2) is 9.84 Å². The molecule has 2 aromatic heterocycles. The minimum absolute atomic E-state index is 0.0169. The third kappa shape index (κ3) is 3.99. The van der Waals surface area contributed by atoms with Crippen molar-refractivity contribution in [2.75, 3.05) is 17.7 Å². The highest BCUT2D eigenvalue weighted by Crippen LogP contribution is 2.38. The molecule has 0 fully saturated rings. The van der Waals surface area contributed by atoms with Gasteiger partial charge in [0.05, 0.1) is 36.4 Å². The van der Waals surface area contributed by atoms with Crippen LogP contribution in [-0.4, -0.2) is 32.7 Å². The average molecular weight is 448 g/mol. The van der Waals surface area contributed by atoms with Crippen molar-refractivity contribution in [3.63, 3.8) is 0 Å². The molecule has 9 heteroatoms. The van der Waals surface area contributed by atoms with Crippen LogP contribution in [0.15, 0.2) is 28.9 Å². The van der Waals surface area contributed by atoms with E-state index in [2.05, 4.69) is 5.32 Å². The Kier molecular flexibility index (Phi) is 5.42. The summed E-state index contributed by atoms with van der Waals surface area (Å²) in [5, 5.41) is 3.99. The van der Waals surface area contributed by atoms with Gasteiger partial charge in [0, 0.05) is 15.8 Å². The number of fused-ring (bicyclic) bond motifs is 2. The summed E-state index contributed by atoms with van der Waals surface area (Å²) in [7, 11) is -3.20. The smallest absolute Gasteiger partial charge is 0.341 e. The zero-order chi connectivity index (χ0) is 21.5. The second kappa shape index (κ2) is 7.88. The molecule has 7 nitrogen and oxygen atoms in total. The lowest BCUT2D eigenvalue weighted by molar-refractivity contribution is -0.115. The molecule has 30 heavy (non-hydrogen) atoms. The minimum atomic E-state index is -3.20. The Balaban J connectivity index is 1.62. The zero-order valence-electron chi connectivity index (χ0n) is 16.6. The highest BCUT2D eigenvalue weighted by molar-refractivity contribution is 7.90. The van der Waals surface area contributed by atoms with E-state index in [4.69, 9.17) is 9.15 Å². The lowest BCUT2D eigenvalue weighted by atomic mass is 10.1. The largest absolute Gasteiger partial charge is 0.464 e. The van der Waals surface area contributed by atoms with Gasteiger partial charge < -0.3 is 14.5 Å². The minimum Gasteiger partial charge on any atom is -0.464 e. The predicted molar refractivity (Wildman–Crippen MR) is 115 cm³/mol. The molecular weight excluding hydrogens is 426 g/mol. The molecule has 0 saturated heterocycles. The summed E-state index contributed by atoms with van der Waals surface area (Å²) >= 11 is 1.13. The van der Waals surface area contributed by atoms with Gasteiger partial charge in [-0.25, -0.2) is 13.2 Å². The maximum absolute atomic E-state index is 12.7. The number of carbonyl (C=O) groups excluding carboxylic acids is 2. The molecule has 1 N–H and O–H groups in total. The molecule has 0 radical (unpaired) electrons. The van der Waals surface area contributed by atoms with Crippen LogP contribution < -0.4 is 5.32 Å². The van der Waals surface area contributed by atoms with E-state index >= 15 is 0 Å². The number of amides is 1. The summed E-state index contributed by atoms with van der Waals surface area (Å²) in [5.41, 5.74) is 3.44. The second-order valence-electron chi connectivity index (χ2n) is 7.26. The van der Waals surface area contributed by atoms with E-state index in [1.54, 1.807) is 13.2 Å². The molecule has 3 heterocycles. The van der Waals surface area contributed by atoms with Gasteiger partial charge in [-0.05, 0) is 37.5 Å². The van der Waals surface area contributed by atoms with Crippen molar-refractivity contribution >= 4 is 49.0 Å². The Morgan fingerprint density at radius 1 is 1.30 bits per heavy atom. The van der Waals surface area contributed by atoms with E-state index in [-0.39, 0.29) is 42.4 Å². The number of ether oxygens (including phenoxy) is 1.